The molecule has 0 bridgehead atoms. The molecule has 0 fully saturated rings. The van der Waals surface area contributed by atoms with Gasteiger partial charge in [0.25, 0.3) is 0 Å². The van der Waals surface area contributed by atoms with Crippen LogP contribution in [0.2, 0.25) is 0 Å². The average molecular weight is 535 g/mol. The summed E-state index contributed by atoms with van der Waals surface area (Å²) in [6.07, 6.45) is 17.3. The van der Waals surface area contributed by atoms with Gasteiger partial charge in [0.1, 0.15) is 11.3 Å². The van der Waals surface area contributed by atoms with E-state index in [0.717, 1.165) is 19.0 Å². The molecule has 2 aliphatic rings. The molecule has 1 aromatic carbocycles. The SMILES string of the molecule is [CH]1[CH][CH-]C=C1.[Fe+2].[O-]C(=C1C=CC=C1)c1cc2cc(Br)cc(I)c2o1. The predicted octanol–water partition coefficient (Wildman–Crippen LogP) is 5.16. The number of benzene rings is 1. The van der Waals surface area contributed by atoms with E-state index in [1.54, 1.807) is 18.2 Å². The van der Waals surface area contributed by atoms with Crippen LogP contribution in [0.5, 0.6) is 0 Å². The third-order valence-corrected chi connectivity index (χ3v) is 4.50. The summed E-state index contributed by atoms with van der Waals surface area (Å²) in [5.41, 5.74) is 1.41. The molecular formula is C19H12BrFeIO2. The molecule has 1 aromatic heterocycles. The van der Waals surface area contributed by atoms with Crippen LogP contribution in [0.3, 0.4) is 0 Å². The summed E-state index contributed by atoms with van der Waals surface area (Å²) in [6, 6.07) is 5.70. The summed E-state index contributed by atoms with van der Waals surface area (Å²) in [6.45, 7) is 0. The molecule has 4 rings (SSSR count). The monoisotopic (exact) mass is 534 g/mol. The minimum absolute atomic E-state index is 0. The Hall–Kier alpha value is -0.881. The number of hydrogen-bond acceptors (Lipinski definition) is 2. The molecule has 0 atom stereocenters. The summed E-state index contributed by atoms with van der Waals surface area (Å²) in [5.74, 6) is 0.301. The number of hydrogen-bond donors (Lipinski definition) is 0. The van der Waals surface area contributed by atoms with Crippen LogP contribution >= 0.6 is 38.5 Å². The Balaban J connectivity index is 0.000000300. The molecule has 0 saturated carbocycles. The molecule has 2 aromatic rings. The molecule has 0 aliphatic heterocycles. The Morgan fingerprint density at radius 3 is 2.46 bits per heavy atom. The molecule has 0 amide bonds. The molecule has 0 unspecified atom stereocenters. The van der Waals surface area contributed by atoms with Gasteiger partial charge in [0.05, 0.1) is 3.57 Å². The first kappa shape index (κ1) is 19.4. The summed E-state index contributed by atoms with van der Waals surface area (Å²) in [5, 5.41) is 13.1. The van der Waals surface area contributed by atoms with E-state index >= 15 is 0 Å². The topological polar surface area (TPSA) is 36.2 Å². The zero-order chi connectivity index (χ0) is 16.2. The van der Waals surface area contributed by atoms with Crippen LogP contribution in [-0.2, 0) is 17.1 Å². The van der Waals surface area contributed by atoms with Gasteiger partial charge in [0.15, 0.2) is 0 Å². The van der Waals surface area contributed by atoms with Crippen LogP contribution in [0.25, 0.3) is 16.7 Å². The van der Waals surface area contributed by atoms with E-state index in [1.807, 2.05) is 55.7 Å². The Kier molecular flexibility index (Phi) is 7.29. The molecule has 5 heteroatoms. The molecule has 0 spiro atoms. The standard InChI is InChI=1S/C14H8BrIO2.C5H5.Fe/c15-10-5-9-6-12(18-14(9)11(16)7-10)13(17)8-3-1-2-4-8;1-2-4-5-3-1;/h1-7,17H;1-5H;/q;-1;+2/p-1. The quantitative estimate of drug-likeness (QED) is 0.219. The van der Waals surface area contributed by atoms with Crippen LogP contribution in [0, 0.1) is 22.8 Å². The van der Waals surface area contributed by atoms with Crippen molar-refractivity contribution in [3.05, 3.63) is 93.3 Å². The van der Waals surface area contributed by atoms with E-state index in [0.29, 0.717) is 11.3 Å². The van der Waals surface area contributed by atoms with Crippen molar-refractivity contribution in [2.24, 2.45) is 0 Å². The Morgan fingerprint density at radius 2 is 1.88 bits per heavy atom. The number of allylic oxidation sites excluding steroid dienone is 7. The molecule has 2 aliphatic carbocycles. The first-order chi connectivity index (χ1) is 11.1. The maximum Gasteiger partial charge on any atom is 2.00 e. The van der Waals surface area contributed by atoms with Gasteiger partial charge in [-0.3, -0.25) is 0 Å². The second-order valence-corrected chi connectivity index (χ2v) is 6.96. The van der Waals surface area contributed by atoms with Crippen LogP contribution in [0.15, 0.2) is 69.1 Å². The number of furan rings is 1. The van der Waals surface area contributed by atoms with Gasteiger partial charge in [-0.2, -0.15) is 0 Å². The molecule has 2 radical (unpaired) electrons. The Labute approximate surface area is 174 Å². The summed E-state index contributed by atoms with van der Waals surface area (Å²) in [4.78, 5) is 0. The maximum absolute atomic E-state index is 12.2. The van der Waals surface area contributed by atoms with Gasteiger partial charge in [-0.25, -0.2) is 18.6 Å². The van der Waals surface area contributed by atoms with Crippen LogP contribution < -0.4 is 5.11 Å². The van der Waals surface area contributed by atoms with E-state index in [9.17, 15) is 5.11 Å². The fraction of sp³-hybridized carbons (Fsp3) is 0. The number of rotatable bonds is 1. The molecule has 122 valence electrons. The van der Waals surface area contributed by atoms with Gasteiger partial charge >= 0.3 is 17.1 Å². The van der Waals surface area contributed by atoms with Crippen LogP contribution in [0.4, 0.5) is 0 Å². The van der Waals surface area contributed by atoms with Crippen molar-refractivity contribution in [1.82, 2.24) is 0 Å². The van der Waals surface area contributed by atoms with Gasteiger partial charge in [0, 0.05) is 9.86 Å². The van der Waals surface area contributed by atoms with Crippen LogP contribution in [-0.4, -0.2) is 0 Å². The second kappa shape index (κ2) is 8.99. The minimum Gasteiger partial charge on any atom is -0.870 e. The summed E-state index contributed by atoms with van der Waals surface area (Å²) < 4.78 is 7.63. The van der Waals surface area contributed by atoms with E-state index < -0.39 is 0 Å². The normalized spacial score (nSPS) is 14.3. The van der Waals surface area contributed by atoms with Crippen molar-refractivity contribution >= 4 is 55.2 Å². The van der Waals surface area contributed by atoms with E-state index in [4.69, 9.17) is 4.42 Å². The molecule has 0 N–H and O–H groups in total. The van der Waals surface area contributed by atoms with E-state index in [1.165, 1.54) is 0 Å². The zero-order valence-electron chi connectivity index (χ0n) is 12.4. The fourth-order valence-electron chi connectivity index (χ4n) is 2.18. The fourth-order valence-corrected chi connectivity index (χ4v) is 3.84. The van der Waals surface area contributed by atoms with Crippen molar-refractivity contribution in [3.8, 4) is 0 Å². The third-order valence-electron chi connectivity index (χ3n) is 3.24. The van der Waals surface area contributed by atoms with E-state index in [2.05, 4.69) is 38.5 Å². The smallest absolute Gasteiger partial charge is 0.870 e. The Morgan fingerprint density at radius 1 is 1.12 bits per heavy atom. The van der Waals surface area contributed by atoms with Gasteiger partial charge in [0.2, 0.25) is 0 Å². The number of halogens is 2. The summed E-state index contributed by atoms with van der Waals surface area (Å²) >= 11 is 5.64. The predicted molar refractivity (Wildman–Crippen MR) is 104 cm³/mol. The van der Waals surface area contributed by atoms with Gasteiger partial charge < -0.3 is 9.52 Å². The molecular weight excluding hydrogens is 523 g/mol. The molecule has 24 heavy (non-hydrogen) atoms. The van der Waals surface area contributed by atoms with Crippen molar-refractivity contribution in [2.75, 3.05) is 0 Å². The Bertz CT molecular complexity index is 826. The second-order valence-electron chi connectivity index (χ2n) is 4.88. The molecule has 2 nitrogen and oxygen atoms in total. The number of fused-ring (bicyclic) bond motifs is 1. The van der Waals surface area contributed by atoms with Gasteiger partial charge in [-0.05, 0) is 46.4 Å². The van der Waals surface area contributed by atoms with Crippen molar-refractivity contribution < 1.29 is 26.6 Å². The van der Waals surface area contributed by atoms with Crippen molar-refractivity contribution in [3.63, 3.8) is 0 Å². The minimum atomic E-state index is -0.0804. The summed E-state index contributed by atoms with van der Waals surface area (Å²) in [7, 11) is 0. The zero-order valence-corrected chi connectivity index (χ0v) is 17.2. The first-order valence-electron chi connectivity index (χ1n) is 6.97. The maximum atomic E-state index is 12.2. The van der Waals surface area contributed by atoms with Gasteiger partial charge in [-0.1, -0.05) is 46.0 Å². The third kappa shape index (κ3) is 4.60. The first-order valence-corrected chi connectivity index (χ1v) is 8.84. The van der Waals surface area contributed by atoms with Gasteiger partial charge in [-0.15, -0.1) is 12.8 Å². The van der Waals surface area contributed by atoms with Crippen LogP contribution in [0.1, 0.15) is 5.76 Å². The molecule has 0 saturated heterocycles. The molecule has 1 heterocycles. The van der Waals surface area contributed by atoms with Crippen molar-refractivity contribution in [2.45, 2.75) is 0 Å². The average Bonchev–Trinajstić information content (AvgIpc) is 3.28. The van der Waals surface area contributed by atoms with E-state index in [-0.39, 0.29) is 22.8 Å². The van der Waals surface area contributed by atoms with Crippen molar-refractivity contribution in [1.29, 1.82) is 0 Å². The largest absolute Gasteiger partial charge is 2.00 e.